The minimum absolute atomic E-state index is 0.0228. The number of carbonyl (C=O) groups excluding carboxylic acids is 2. The zero-order valence-electron chi connectivity index (χ0n) is 14.8. The quantitative estimate of drug-likeness (QED) is 0.800. The van der Waals surface area contributed by atoms with E-state index in [4.69, 9.17) is 9.15 Å². The van der Waals surface area contributed by atoms with Crippen LogP contribution in [-0.2, 0) is 16.1 Å². The van der Waals surface area contributed by atoms with Gasteiger partial charge in [0, 0.05) is 30.8 Å². The van der Waals surface area contributed by atoms with Crippen LogP contribution in [0.5, 0.6) is 5.75 Å². The van der Waals surface area contributed by atoms with Gasteiger partial charge in [-0.1, -0.05) is 6.07 Å². The standard InChI is InChI=1S/C20H22N2O4/c1-25-17-5-2-4-16(11-17)21-12-14(10-19(21)23)20(24)22(15-7-8-15)13-18-6-3-9-26-18/h2-6,9,11,14-15H,7-8,10,12-13H2,1H3. The molecule has 2 aromatic rings. The van der Waals surface area contributed by atoms with Gasteiger partial charge in [0.1, 0.15) is 11.5 Å². The summed E-state index contributed by atoms with van der Waals surface area (Å²) in [6, 6.07) is 11.4. The van der Waals surface area contributed by atoms with E-state index >= 15 is 0 Å². The van der Waals surface area contributed by atoms with E-state index in [1.165, 1.54) is 0 Å². The van der Waals surface area contributed by atoms with Gasteiger partial charge in [-0.2, -0.15) is 0 Å². The predicted molar refractivity (Wildman–Crippen MR) is 95.7 cm³/mol. The van der Waals surface area contributed by atoms with Gasteiger partial charge in [-0.25, -0.2) is 0 Å². The number of hydrogen-bond donors (Lipinski definition) is 0. The number of ether oxygens (including phenoxy) is 1. The normalized spacial score (nSPS) is 19.7. The van der Waals surface area contributed by atoms with Crippen molar-refractivity contribution in [2.24, 2.45) is 5.92 Å². The fourth-order valence-electron chi connectivity index (χ4n) is 3.48. The van der Waals surface area contributed by atoms with Gasteiger partial charge in [-0.05, 0) is 37.1 Å². The zero-order valence-corrected chi connectivity index (χ0v) is 14.8. The molecule has 26 heavy (non-hydrogen) atoms. The Kier molecular flexibility index (Phi) is 4.41. The molecule has 2 aliphatic rings. The van der Waals surface area contributed by atoms with Crippen molar-refractivity contribution in [3.63, 3.8) is 0 Å². The molecular weight excluding hydrogens is 332 g/mol. The SMILES string of the molecule is COc1cccc(N2CC(C(=O)N(Cc3ccco3)C3CC3)CC2=O)c1. The lowest BCUT2D eigenvalue weighted by atomic mass is 10.1. The number of carbonyl (C=O) groups is 2. The van der Waals surface area contributed by atoms with Crippen LogP contribution in [0.2, 0.25) is 0 Å². The summed E-state index contributed by atoms with van der Waals surface area (Å²) in [6.45, 7) is 0.882. The molecule has 0 spiro atoms. The molecule has 0 bridgehead atoms. The molecule has 2 heterocycles. The zero-order chi connectivity index (χ0) is 18.1. The van der Waals surface area contributed by atoms with Gasteiger partial charge in [0.25, 0.3) is 0 Å². The van der Waals surface area contributed by atoms with Crippen molar-refractivity contribution in [3.8, 4) is 5.75 Å². The van der Waals surface area contributed by atoms with Crippen LogP contribution >= 0.6 is 0 Å². The highest BCUT2D eigenvalue weighted by atomic mass is 16.5. The lowest BCUT2D eigenvalue weighted by molar-refractivity contribution is -0.137. The van der Waals surface area contributed by atoms with E-state index in [9.17, 15) is 9.59 Å². The molecule has 0 radical (unpaired) electrons. The van der Waals surface area contributed by atoms with Gasteiger partial charge in [-0.3, -0.25) is 9.59 Å². The summed E-state index contributed by atoms with van der Waals surface area (Å²) in [5.74, 6) is 1.18. The highest BCUT2D eigenvalue weighted by Gasteiger charge is 2.41. The van der Waals surface area contributed by atoms with Gasteiger partial charge in [0.05, 0.1) is 25.8 Å². The molecule has 1 aromatic carbocycles. The summed E-state index contributed by atoms with van der Waals surface area (Å²) in [5, 5.41) is 0. The number of anilines is 1. The number of amides is 2. The van der Waals surface area contributed by atoms with Crippen LogP contribution in [0.15, 0.2) is 47.1 Å². The Bertz CT molecular complexity index is 798. The Balaban J connectivity index is 1.49. The molecule has 1 unspecified atom stereocenters. The third-order valence-corrected chi connectivity index (χ3v) is 5.02. The second-order valence-corrected chi connectivity index (χ2v) is 6.88. The molecule has 1 aliphatic carbocycles. The highest BCUT2D eigenvalue weighted by molar-refractivity contribution is 6.00. The molecular formula is C20H22N2O4. The van der Waals surface area contributed by atoms with Crippen molar-refractivity contribution in [2.45, 2.75) is 31.8 Å². The molecule has 0 N–H and O–H groups in total. The van der Waals surface area contributed by atoms with Crippen molar-refractivity contribution < 1.29 is 18.7 Å². The van der Waals surface area contributed by atoms with Crippen molar-refractivity contribution in [1.82, 2.24) is 4.90 Å². The minimum atomic E-state index is -0.315. The maximum absolute atomic E-state index is 13.1. The van der Waals surface area contributed by atoms with E-state index in [1.807, 2.05) is 41.3 Å². The van der Waals surface area contributed by atoms with Crippen molar-refractivity contribution in [1.29, 1.82) is 0 Å². The van der Waals surface area contributed by atoms with Crippen LogP contribution in [0.25, 0.3) is 0 Å². The minimum Gasteiger partial charge on any atom is -0.497 e. The Morgan fingerprint density at radius 3 is 2.85 bits per heavy atom. The molecule has 6 heteroatoms. The van der Waals surface area contributed by atoms with Gasteiger partial charge in [-0.15, -0.1) is 0 Å². The van der Waals surface area contributed by atoms with Crippen molar-refractivity contribution >= 4 is 17.5 Å². The summed E-state index contributed by atoms with van der Waals surface area (Å²) in [4.78, 5) is 29.2. The predicted octanol–water partition coefficient (Wildman–Crippen LogP) is 2.83. The lowest BCUT2D eigenvalue weighted by Crippen LogP contribution is -2.38. The molecule has 1 saturated carbocycles. The summed E-state index contributed by atoms with van der Waals surface area (Å²) in [6.07, 6.45) is 3.91. The Hall–Kier alpha value is -2.76. The second kappa shape index (κ2) is 6.86. The smallest absolute Gasteiger partial charge is 0.228 e. The van der Waals surface area contributed by atoms with E-state index in [0.29, 0.717) is 18.8 Å². The van der Waals surface area contributed by atoms with E-state index in [0.717, 1.165) is 24.3 Å². The molecule has 4 rings (SSSR count). The van der Waals surface area contributed by atoms with Crippen LogP contribution in [-0.4, -0.2) is 36.4 Å². The van der Waals surface area contributed by atoms with E-state index < -0.39 is 0 Å². The number of rotatable bonds is 6. The summed E-state index contributed by atoms with van der Waals surface area (Å²) >= 11 is 0. The topological polar surface area (TPSA) is 63.0 Å². The molecule has 1 aromatic heterocycles. The Morgan fingerprint density at radius 1 is 1.31 bits per heavy atom. The lowest BCUT2D eigenvalue weighted by Gasteiger charge is -2.24. The summed E-state index contributed by atoms with van der Waals surface area (Å²) in [7, 11) is 1.60. The van der Waals surface area contributed by atoms with Crippen LogP contribution in [0.4, 0.5) is 5.69 Å². The Morgan fingerprint density at radius 2 is 2.15 bits per heavy atom. The van der Waals surface area contributed by atoms with E-state index in [1.54, 1.807) is 18.3 Å². The summed E-state index contributed by atoms with van der Waals surface area (Å²) in [5.41, 5.74) is 0.772. The molecule has 1 atom stereocenters. The number of benzene rings is 1. The highest BCUT2D eigenvalue weighted by Crippen LogP contribution is 2.33. The van der Waals surface area contributed by atoms with Crippen LogP contribution < -0.4 is 9.64 Å². The third-order valence-electron chi connectivity index (χ3n) is 5.02. The monoisotopic (exact) mass is 354 g/mol. The largest absolute Gasteiger partial charge is 0.497 e. The Labute approximate surface area is 152 Å². The van der Waals surface area contributed by atoms with E-state index in [-0.39, 0.29) is 30.2 Å². The number of furan rings is 1. The molecule has 1 saturated heterocycles. The number of methoxy groups -OCH3 is 1. The molecule has 2 fully saturated rings. The molecule has 6 nitrogen and oxygen atoms in total. The first-order chi connectivity index (χ1) is 12.7. The van der Waals surface area contributed by atoms with E-state index in [2.05, 4.69) is 0 Å². The molecule has 1 aliphatic heterocycles. The fourth-order valence-corrected chi connectivity index (χ4v) is 3.48. The van der Waals surface area contributed by atoms with Crippen molar-refractivity contribution in [3.05, 3.63) is 48.4 Å². The third kappa shape index (κ3) is 3.31. The first kappa shape index (κ1) is 16.7. The van der Waals surface area contributed by atoms with Gasteiger partial charge < -0.3 is 19.0 Å². The number of nitrogens with zero attached hydrogens (tertiary/aromatic N) is 2. The van der Waals surface area contributed by atoms with Gasteiger partial charge in [0.2, 0.25) is 11.8 Å². The average Bonchev–Trinajstić information content (AvgIpc) is 3.22. The van der Waals surface area contributed by atoms with Gasteiger partial charge >= 0.3 is 0 Å². The maximum atomic E-state index is 13.1. The molecule has 136 valence electrons. The van der Waals surface area contributed by atoms with Gasteiger partial charge in [0.15, 0.2) is 0 Å². The second-order valence-electron chi connectivity index (χ2n) is 6.88. The maximum Gasteiger partial charge on any atom is 0.228 e. The number of hydrogen-bond acceptors (Lipinski definition) is 4. The van der Waals surface area contributed by atoms with Crippen LogP contribution in [0.3, 0.4) is 0 Å². The van der Waals surface area contributed by atoms with Crippen LogP contribution in [0, 0.1) is 5.92 Å². The van der Waals surface area contributed by atoms with Crippen LogP contribution in [0.1, 0.15) is 25.0 Å². The molecule has 2 amide bonds. The fraction of sp³-hybridized carbons (Fsp3) is 0.400. The first-order valence-electron chi connectivity index (χ1n) is 8.93. The first-order valence-corrected chi connectivity index (χ1v) is 8.93. The average molecular weight is 354 g/mol. The summed E-state index contributed by atoms with van der Waals surface area (Å²) < 4.78 is 10.6. The van der Waals surface area contributed by atoms with Crippen molar-refractivity contribution in [2.75, 3.05) is 18.6 Å².